The first kappa shape index (κ1) is 72.3. The molecule has 0 spiro atoms. The zero-order chi connectivity index (χ0) is 38.9. The van der Waals surface area contributed by atoms with Crippen molar-refractivity contribution in [2.45, 2.75) is 123 Å². The molecule has 0 saturated carbocycles. The molecule has 0 amide bonds. The number of hydrogen-bond acceptors (Lipinski definition) is 6. The second-order valence-electron chi connectivity index (χ2n) is 15.5. The Balaban J connectivity index is -0.0000000765. The Bertz CT molecular complexity index is 727. The zero-order valence-corrected chi connectivity index (χ0v) is 48.6. The summed E-state index contributed by atoms with van der Waals surface area (Å²) in [5.41, 5.74) is 0. The summed E-state index contributed by atoms with van der Waals surface area (Å²) in [6.07, 6.45) is 9.70. The standard InChI is InChI=1S/2C10H20NO.2C8H16.2C2H4NO.4Y/c2*1-7(2)9-6-11(5)12-10(9)8(3)4;2*1-7(2)5-6-8(3)4;2*1-3(2)4;;;;/h2*6-10H,1-5H3;2*5-8H,1-4H3;2*1H,2H3;;;;/q2*-1;;;2*-1;;;;/b;;2*6-5-;;;;;;. The predicted molar refractivity (Wildman–Crippen MR) is 209 cm³/mol. The fourth-order valence-electron chi connectivity index (χ4n) is 4.37. The Morgan fingerprint density at radius 1 is 0.481 bits per heavy atom. The molecule has 2 heterocycles. The van der Waals surface area contributed by atoms with Crippen LogP contribution in [0.4, 0.5) is 0 Å². The number of hydroxylamine groups is 6. The third kappa shape index (κ3) is 50.7. The molecule has 0 aromatic rings. The first-order valence-electron chi connectivity index (χ1n) is 17.9. The Morgan fingerprint density at radius 2 is 0.654 bits per heavy atom. The van der Waals surface area contributed by atoms with Gasteiger partial charge in [0.2, 0.25) is 0 Å². The SMILES string of the molecule is CC(C)/C=C\C(C)C.CC(C)/C=C\C(C)C.CC(C)C1[CH-]N(C)OC1C(C)C.CC(C)C1[CH-]N(C)OC1C(C)C.[CH-]=[N+](C)[O-].[CH-]=[N+](C)[O-].[Y].[Y].[Y].[Y]. The fraction of sp³-hybridized carbons (Fsp3) is 0.800. The molecule has 0 aromatic carbocycles. The van der Waals surface area contributed by atoms with Gasteiger partial charge in [0.15, 0.2) is 0 Å². The number of rotatable bonds is 8. The molecule has 300 valence electrons. The van der Waals surface area contributed by atoms with Gasteiger partial charge in [-0.25, -0.2) is 26.5 Å². The van der Waals surface area contributed by atoms with Gasteiger partial charge in [-0.1, -0.05) is 147 Å². The minimum Gasteiger partial charge on any atom is -0.655 e. The summed E-state index contributed by atoms with van der Waals surface area (Å²) in [5, 5.41) is 22.0. The van der Waals surface area contributed by atoms with Gasteiger partial charge in [0.1, 0.15) is 14.1 Å². The van der Waals surface area contributed by atoms with Gasteiger partial charge in [-0.3, -0.25) is 0 Å². The van der Waals surface area contributed by atoms with Gasteiger partial charge < -0.3 is 39.7 Å². The first-order chi connectivity index (χ1) is 21.8. The summed E-state index contributed by atoms with van der Waals surface area (Å²) < 4.78 is 0.500. The van der Waals surface area contributed by atoms with Gasteiger partial charge >= 0.3 is 0 Å². The molecule has 0 aliphatic carbocycles. The van der Waals surface area contributed by atoms with Gasteiger partial charge in [-0.15, -0.1) is 11.8 Å². The van der Waals surface area contributed by atoms with E-state index in [0.717, 1.165) is 0 Å². The van der Waals surface area contributed by atoms with E-state index < -0.39 is 0 Å². The quantitative estimate of drug-likeness (QED) is 0.0603. The normalized spacial score (nSPS) is 19.6. The van der Waals surface area contributed by atoms with Crippen molar-refractivity contribution in [3.05, 3.63) is 47.8 Å². The molecule has 0 aromatic heterocycles. The molecule has 2 aliphatic heterocycles. The summed E-state index contributed by atoms with van der Waals surface area (Å²) in [5.74, 6) is 6.51. The maximum absolute atomic E-state index is 9.14. The van der Waals surface area contributed by atoms with E-state index in [9.17, 15) is 0 Å². The number of hydrogen-bond donors (Lipinski definition) is 0. The van der Waals surface area contributed by atoms with Crippen LogP contribution in [0.1, 0.15) is 111 Å². The molecule has 4 atom stereocenters. The van der Waals surface area contributed by atoms with Crippen LogP contribution in [0.5, 0.6) is 0 Å². The van der Waals surface area contributed by atoms with Crippen LogP contribution < -0.4 is 0 Å². The second-order valence-corrected chi connectivity index (χ2v) is 15.5. The maximum atomic E-state index is 9.14. The molecule has 2 saturated heterocycles. The van der Waals surface area contributed by atoms with Crippen molar-refractivity contribution in [2.75, 3.05) is 28.2 Å². The smallest absolute Gasteiger partial charge is 0.109 e. The molecule has 4 radical (unpaired) electrons. The van der Waals surface area contributed by atoms with Crippen LogP contribution in [0, 0.1) is 82.7 Å². The molecule has 52 heavy (non-hydrogen) atoms. The predicted octanol–water partition coefficient (Wildman–Crippen LogP) is 9.75. The van der Waals surface area contributed by atoms with Crippen molar-refractivity contribution in [2.24, 2.45) is 59.2 Å². The minimum atomic E-state index is 0. The third-order valence-corrected chi connectivity index (χ3v) is 6.71. The largest absolute Gasteiger partial charge is 0.655 e. The van der Waals surface area contributed by atoms with Crippen molar-refractivity contribution < 1.29 is 150 Å². The molecule has 2 rings (SSSR count). The first-order valence-corrected chi connectivity index (χ1v) is 17.9. The summed E-state index contributed by atoms with van der Waals surface area (Å²) in [6.45, 7) is 48.6. The number of allylic oxidation sites excluding steroid dienone is 4. The van der Waals surface area contributed by atoms with E-state index in [2.05, 4.69) is 162 Å². The third-order valence-electron chi connectivity index (χ3n) is 6.71. The zero-order valence-electron chi connectivity index (χ0n) is 37.3. The van der Waals surface area contributed by atoms with Crippen LogP contribution in [-0.2, 0) is 141 Å². The summed E-state index contributed by atoms with van der Waals surface area (Å²) >= 11 is 0. The van der Waals surface area contributed by atoms with E-state index in [1.54, 1.807) is 0 Å². The molecular formula is C40H80N4O4Y4-4. The van der Waals surface area contributed by atoms with Crippen molar-refractivity contribution in [3.63, 3.8) is 0 Å². The van der Waals surface area contributed by atoms with Crippen LogP contribution in [0.3, 0.4) is 0 Å². The van der Waals surface area contributed by atoms with E-state index in [-0.39, 0.29) is 140 Å². The van der Waals surface area contributed by atoms with E-state index in [0.29, 0.717) is 71.4 Å². The molecule has 12 heteroatoms. The van der Waals surface area contributed by atoms with Gasteiger partial charge in [0.05, 0.1) is 12.2 Å². The summed E-state index contributed by atoms with van der Waals surface area (Å²) in [4.78, 5) is 11.3. The van der Waals surface area contributed by atoms with Crippen LogP contribution in [0.15, 0.2) is 24.3 Å². The van der Waals surface area contributed by atoms with Crippen LogP contribution in [0.25, 0.3) is 0 Å². The Kier molecular flexibility index (Phi) is 60.2. The van der Waals surface area contributed by atoms with E-state index in [1.165, 1.54) is 14.1 Å². The van der Waals surface area contributed by atoms with Gasteiger partial charge in [-0.05, 0) is 49.6 Å². The topological polar surface area (TPSA) is 77.1 Å². The average Bonchev–Trinajstić information content (AvgIpc) is 3.50. The van der Waals surface area contributed by atoms with Gasteiger partial charge in [0, 0.05) is 131 Å². The molecule has 4 unspecified atom stereocenters. The summed E-state index contributed by atoms with van der Waals surface area (Å²) in [7, 11) is 6.38. The monoisotopic (exact) mass is 1040 g/mol. The van der Waals surface area contributed by atoms with Crippen molar-refractivity contribution >= 4 is 13.4 Å². The molecule has 8 nitrogen and oxygen atoms in total. The molecule has 0 bridgehead atoms. The average molecular weight is 1040 g/mol. The van der Waals surface area contributed by atoms with Crippen LogP contribution in [0.2, 0.25) is 0 Å². The molecule has 2 aliphatic rings. The Morgan fingerprint density at radius 3 is 0.750 bits per heavy atom. The summed E-state index contributed by atoms with van der Waals surface area (Å²) in [6, 6.07) is 0. The van der Waals surface area contributed by atoms with Crippen LogP contribution >= 0.6 is 0 Å². The minimum absolute atomic E-state index is 0. The molecule has 2 fully saturated rings. The van der Waals surface area contributed by atoms with Crippen molar-refractivity contribution in [1.29, 1.82) is 0 Å². The van der Waals surface area contributed by atoms with E-state index >= 15 is 0 Å². The number of nitrogens with zero attached hydrogens (tertiary/aromatic N) is 4. The Labute approximate surface area is 426 Å². The Hall–Kier alpha value is 2.68. The second kappa shape index (κ2) is 43.3. The van der Waals surface area contributed by atoms with Gasteiger partial charge in [0.25, 0.3) is 0 Å². The molecule has 0 N–H and O–H groups in total. The van der Waals surface area contributed by atoms with Crippen molar-refractivity contribution in [3.8, 4) is 0 Å². The van der Waals surface area contributed by atoms with Gasteiger partial charge in [-0.2, -0.15) is 0 Å². The van der Waals surface area contributed by atoms with E-state index in [1.807, 2.05) is 24.2 Å². The van der Waals surface area contributed by atoms with E-state index in [4.69, 9.17) is 20.1 Å². The van der Waals surface area contributed by atoms with Crippen molar-refractivity contribution in [1.82, 2.24) is 10.1 Å². The fourth-order valence-corrected chi connectivity index (χ4v) is 4.37. The molecular weight excluding hydrogens is 956 g/mol. The van der Waals surface area contributed by atoms with Crippen LogP contribution in [-0.4, -0.2) is 73.4 Å². The maximum Gasteiger partial charge on any atom is 0.109 e.